The van der Waals surface area contributed by atoms with Crippen molar-refractivity contribution in [3.63, 3.8) is 0 Å². The summed E-state index contributed by atoms with van der Waals surface area (Å²) in [5.74, 6) is -0.929. The van der Waals surface area contributed by atoms with E-state index in [0.29, 0.717) is 6.29 Å². The number of imidazole rings is 1. The largest absolute Gasteiger partial charge is 0.477 e. The zero-order chi connectivity index (χ0) is 10.0. The van der Waals surface area contributed by atoms with Gasteiger partial charge in [-0.3, -0.25) is 4.79 Å². The Morgan fingerprint density at radius 2 is 2.31 bits per heavy atom. The number of carbonyl (C=O) groups is 2. The number of hydrogen-bond acceptors (Lipinski definition) is 3. The van der Waals surface area contributed by atoms with Crippen LogP contribution in [0.4, 0.5) is 0 Å². The molecule has 70 valence electrons. The summed E-state index contributed by atoms with van der Waals surface area (Å²) in [5.41, 5.74) is 0.0390. The molecule has 0 unspecified atom stereocenters. The Balaban J connectivity index is 3.29. The van der Waals surface area contributed by atoms with Gasteiger partial charge in [-0.1, -0.05) is 0 Å². The molecule has 0 fully saturated rings. The van der Waals surface area contributed by atoms with Crippen LogP contribution < -0.4 is 0 Å². The summed E-state index contributed by atoms with van der Waals surface area (Å²) in [6.45, 7) is 3.59. The number of carboxylic acid groups (broad SMARTS) is 1. The number of rotatable bonds is 3. The molecule has 13 heavy (non-hydrogen) atoms. The standard InChI is InChI=1S/C8H10N2O3/c1-5(2)10-6(8(12)13)3-9-7(10)4-11/h3-5H,1-2H3,(H,12,13). The Labute approximate surface area is 75.0 Å². The fraction of sp³-hybridized carbons (Fsp3) is 0.375. The molecule has 0 bridgehead atoms. The van der Waals surface area contributed by atoms with Crippen LogP contribution in [0.1, 0.15) is 41.0 Å². The molecule has 0 radical (unpaired) electrons. The van der Waals surface area contributed by atoms with E-state index in [1.54, 1.807) is 13.8 Å². The van der Waals surface area contributed by atoms with Gasteiger partial charge in [0.15, 0.2) is 12.1 Å². The number of aldehydes is 1. The van der Waals surface area contributed by atoms with E-state index in [1.807, 2.05) is 0 Å². The summed E-state index contributed by atoms with van der Waals surface area (Å²) in [5, 5.41) is 8.75. The van der Waals surface area contributed by atoms with Gasteiger partial charge in [-0.25, -0.2) is 9.78 Å². The van der Waals surface area contributed by atoms with E-state index in [0.717, 1.165) is 0 Å². The molecule has 0 aliphatic carbocycles. The molecule has 0 spiro atoms. The fourth-order valence-electron chi connectivity index (χ4n) is 1.16. The minimum atomic E-state index is -1.07. The number of aromatic carboxylic acids is 1. The van der Waals surface area contributed by atoms with Gasteiger partial charge in [0.25, 0.3) is 0 Å². The van der Waals surface area contributed by atoms with E-state index in [2.05, 4.69) is 4.98 Å². The van der Waals surface area contributed by atoms with Crippen LogP contribution in [0, 0.1) is 0 Å². The number of hydrogen-bond donors (Lipinski definition) is 1. The Kier molecular flexibility index (Phi) is 2.46. The molecular formula is C8H10N2O3. The zero-order valence-electron chi connectivity index (χ0n) is 7.39. The van der Waals surface area contributed by atoms with Gasteiger partial charge >= 0.3 is 5.97 Å². The molecule has 5 nitrogen and oxygen atoms in total. The molecular weight excluding hydrogens is 172 g/mol. The minimum absolute atomic E-state index is 0.0390. The minimum Gasteiger partial charge on any atom is -0.477 e. The van der Waals surface area contributed by atoms with Crippen LogP contribution in [-0.2, 0) is 0 Å². The maximum atomic E-state index is 10.7. The highest BCUT2D eigenvalue weighted by molar-refractivity contribution is 5.87. The first-order chi connectivity index (χ1) is 6.07. The van der Waals surface area contributed by atoms with Gasteiger partial charge < -0.3 is 9.67 Å². The Morgan fingerprint density at radius 3 is 2.69 bits per heavy atom. The second kappa shape index (κ2) is 3.38. The molecule has 0 aromatic carbocycles. The SMILES string of the molecule is CC(C)n1c(C(=O)O)cnc1C=O. The molecule has 0 aliphatic heterocycles. The van der Waals surface area contributed by atoms with Crippen LogP contribution >= 0.6 is 0 Å². The first-order valence-corrected chi connectivity index (χ1v) is 3.83. The number of carboxylic acids is 1. The van der Waals surface area contributed by atoms with Gasteiger partial charge in [0, 0.05) is 6.04 Å². The van der Waals surface area contributed by atoms with Gasteiger partial charge in [-0.15, -0.1) is 0 Å². The maximum Gasteiger partial charge on any atom is 0.354 e. The monoisotopic (exact) mass is 182 g/mol. The predicted octanol–water partition coefficient (Wildman–Crippen LogP) is 0.975. The first-order valence-electron chi connectivity index (χ1n) is 3.83. The van der Waals surface area contributed by atoms with Crippen LogP contribution in [0.5, 0.6) is 0 Å². The fourth-order valence-corrected chi connectivity index (χ4v) is 1.16. The van der Waals surface area contributed by atoms with E-state index in [1.165, 1.54) is 10.8 Å². The van der Waals surface area contributed by atoms with Crippen LogP contribution in [0.2, 0.25) is 0 Å². The lowest BCUT2D eigenvalue weighted by Gasteiger charge is -2.10. The van der Waals surface area contributed by atoms with Crippen LogP contribution in [0.3, 0.4) is 0 Å². The smallest absolute Gasteiger partial charge is 0.354 e. The summed E-state index contributed by atoms with van der Waals surface area (Å²) in [4.78, 5) is 24.9. The number of nitrogens with zero attached hydrogens (tertiary/aromatic N) is 2. The summed E-state index contributed by atoms with van der Waals surface area (Å²) in [7, 11) is 0. The van der Waals surface area contributed by atoms with Gasteiger partial charge in [0.05, 0.1) is 6.20 Å². The van der Waals surface area contributed by atoms with Crippen molar-refractivity contribution in [1.82, 2.24) is 9.55 Å². The summed E-state index contributed by atoms with van der Waals surface area (Å²) >= 11 is 0. The first kappa shape index (κ1) is 9.44. The van der Waals surface area contributed by atoms with Crippen molar-refractivity contribution in [3.05, 3.63) is 17.7 Å². The van der Waals surface area contributed by atoms with E-state index < -0.39 is 5.97 Å². The highest BCUT2D eigenvalue weighted by atomic mass is 16.4. The molecule has 5 heteroatoms. The normalized spacial score (nSPS) is 10.4. The highest BCUT2D eigenvalue weighted by Crippen LogP contribution is 2.12. The van der Waals surface area contributed by atoms with Crippen LogP contribution in [-0.4, -0.2) is 26.9 Å². The Morgan fingerprint density at radius 1 is 1.69 bits per heavy atom. The molecule has 1 aromatic rings. The Hall–Kier alpha value is -1.65. The molecule has 1 aromatic heterocycles. The number of carbonyl (C=O) groups excluding carboxylic acids is 1. The van der Waals surface area contributed by atoms with Crippen LogP contribution in [0.15, 0.2) is 6.20 Å². The van der Waals surface area contributed by atoms with E-state index >= 15 is 0 Å². The molecule has 0 aliphatic rings. The zero-order valence-corrected chi connectivity index (χ0v) is 7.39. The lowest BCUT2D eigenvalue weighted by atomic mass is 10.3. The van der Waals surface area contributed by atoms with Crippen molar-refractivity contribution in [3.8, 4) is 0 Å². The molecule has 1 rings (SSSR count). The van der Waals surface area contributed by atoms with Crippen molar-refractivity contribution >= 4 is 12.3 Å². The quantitative estimate of drug-likeness (QED) is 0.707. The van der Waals surface area contributed by atoms with Gasteiger partial charge in [0.2, 0.25) is 0 Å². The second-order valence-electron chi connectivity index (χ2n) is 2.89. The van der Waals surface area contributed by atoms with E-state index in [4.69, 9.17) is 5.11 Å². The van der Waals surface area contributed by atoms with Crippen molar-refractivity contribution in [2.24, 2.45) is 0 Å². The topological polar surface area (TPSA) is 72.2 Å². The molecule has 1 N–H and O–H groups in total. The molecule has 1 heterocycles. The molecule has 0 saturated heterocycles. The molecule has 0 saturated carbocycles. The van der Waals surface area contributed by atoms with Gasteiger partial charge in [-0.05, 0) is 13.8 Å². The predicted molar refractivity (Wildman–Crippen MR) is 45.0 cm³/mol. The second-order valence-corrected chi connectivity index (χ2v) is 2.89. The molecule has 0 atom stereocenters. The third kappa shape index (κ3) is 1.58. The lowest BCUT2D eigenvalue weighted by Crippen LogP contribution is -2.13. The summed E-state index contributed by atoms with van der Waals surface area (Å²) in [6, 6.07) is -0.0891. The van der Waals surface area contributed by atoms with Crippen molar-refractivity contribution in [2.45, 2.75) is 19.9 Å². The van der Waals surface area contributed by atoms with Crippen molar-refractivity contribution in [2.75, 3.05) is 0 Å². The Bertz CT molecular complexity index is 341. The van der Waals surface area contributed by atoms with Gasteiger partial charge in [0.1, 0.15) is 5.69 Å². The maximum absolute atomic E-state index is 10.7. The van der Waals surface area contributed by atoms with E-state index in [9.17, 15) is 9.59 Å². The third-order valence-corrected chi connectivity index (χ3v) is 1.67. The molecule has 0 amide bonds. The summed E-state index contributed by atoms with van der Waals surface area (Å²) < 4.78 is 1.38. The van der Waals surface area contributed by atoms with E-state index in [-0.39, 0.29) is 17.6 Å². The highest BCUT2D eigenvalue weighted by Gasteiger charge is 2.16. The number of aromatic nitrogens is 2. The average Bonchev–Trinajstić information content (AvgIpc) is 2.46. The van der Waals surface area contributed by atoms with Crippen molar-refractivity contribution < 1.29 is 14.7 Å². The summed E-state index contributed by atoms with van der Waals surface area (Å²) in [6.07, 6.45) is 1.73. The van der Waals surface area contributed by atoms with Crippen molar-refractivity contribution in [1.29, 1.82) is 0 Å². The average molecular weight is 182 g/mol. The third-order valence-electron chi connectivity index (χ3n) is 1.67. The lowest BCUT2D eigenvalue weighted by molar-refractivity contribution is 0.0683. The van der Waals surface area contributed by atoms with Crippen LogP contribution in [0.25, 0.3) is 0 Å². The van der Waals surface area contributed by atoms with Gasteiger partial charge in [-0.2, -0.15) is 0 Å².